The van der Waals surface area contributed by atoms with Gasteiger partial charge in [0, 0.05) is 13.1 Å². The van der Waals surface area contributed by atoms with Crippen molar-refractivity contribution in [3.63, 3.8) is 0 Å². The average Bonchev–Trinajstić information content (AvgIpc) is 2.87. The summed E-state index contributed by atoms with van der Waals surface area (Å²) in [5.41, 5.74) is 2.45. The first-order chi connectivity index (χ1) is 11.8. The number of nitrogens with zero attached hydrogens (tertiary/aromatic N) is 1. The lowest BCUT2D eigenvalue weighted by atomic mass is 10.2. The predicted octanol–water partition coefficient (Wildman–Crippen LogP) is 0.460. The number of fused-ring (bicyclic) bond motifs is 1. The Morgan fingerprint density at radius 3 is 2.64 bits per heavy atom. The van der Waals surface area contributed by atoms with E-state index in [4.69, 9.17) is 4.42 Å². The summed E-state index contributed by atoms with van der Waals surface area (Å²) >= 11 is 0. The van der Waals surface area contributed by atoms with E-state index in [1.165, 1.54) is 54.1 Å². The van der Waals surface area contributed by atoms with E-state index in [-0.39, 0.29) is 21.8 Å². The smallest absolute Gasteiger partial charge is 0.419 e. The summed E-state index contributed by atoms with van der Waals surface area (Å²) in [5.74, 6) is -1.73. The van der Waals surface area contributed by atoms with Crippen molar-refractivity contribution in [2.45, 2.75) is 4.90 Å². The minimum atomic E-state index is -4.11. The van der Waals surface area contributed by atoms with Gasteiger partial charge in [0.15, 0.2) is 5.58 Å². The molecule has 0 spiro atoms. The van der Waals surface area contributed by atoms with Crippen molar-refractivity contribution < 1.29 is 22.7 Å². The van der Waals surface area contributed by atoms with Crippen LogP contribution in [0.15, 0.2) is 56.6 Å². The molecule has 3 rings (SSSR count). The van der Waals surface area contributed by atoms with Gasteiger partial charge in [0.1, 0.15) is 5.75 Å². The number of amides is 1. The number of aromatic hydroxyl groups is 1. The number of sulfonamides is 1. The molecule has 3 N–H and O–H groups in total. The first-order valence-electron chi connectivity index (χ1n) is 6.99. The molecular formula is C15H13N3O6S. The fraction of sp³-hybridized carbons (Fsp3) is 0.0667. The highest BCUT2D eigenvalue weighted by molar-refractivity contribution is 7.89. The minimum absolute atomic E-state index is 0.0882. The molecule has 1 aromatic heterocycles. The lowest BCUT2D eigenvalue weighted by Gasteiger charge is -2.09. The SMILES string of the molecule is Cn1c(=O)oc2cc(S(=O)(=O)NNC(=O)c3ccccc3O)ccc21. The van der Waals surface area contributed by atoms with Gasteiger partial charge in [-0.25, -0.2) is 13.2 Å². The maximum atomic E-state index is 12.3. The molecule has 10 heteroatoms. The van der Waals surface area contributed by atoms with E-state index in [0.29, 0.717) is 5.52 Å². The molecule has 0 aliphatic rings. The topological polar surface area (TPSA) is 131 Å². The van der Waals surface area contributed by atoms with Gasteiger partial charge in [-0.15, -0.1) is 4.83 Å². The molecule has 0 radical (unpaired) electrons. The molecule has 0 saturated heterocycles. The first kappa shape index (κ1) is 16.7. The Labute approximate surface area is 141 Å². The fourth-order valence-corrected chi connectivity index (χ4v) is 3.04. The molecule has 2 aromatic carbocycles. The van der Waals surface area contributed by atoms with Crippen molar-refractivity contribution in [1.82, 2.24) is 14.8 Å². The molecule has 3 aromatic rings. The Balaban J connectivity index is 1.83. The number of phenolic OH excluding ortho intramolecular Hbond substituents is 1. The Morgan fingerprint density at radius 1 is 1.20 bits per heavy atom. The van der Waals surface area contributed by atoms with Crippen LogP contribution >= 0.6 is 0 Å². The summed E-state index contributed by atoms with van der Waals surface area (Å²) in [4.78, 5) is 25.1. The van der Waals surface area contributed by atoms with Crippen LogP contribution in [0.1, 0.15) is 10.4 Å². The van der Waals surface area contributed by atoms with Crippen molar-refractivity contribution in [3.05, 3.63) is 58.6 Å². The van der Waals surface area contributed by atoms with Crippen LogP contribution in [0.5, 0.6) is 5.75 Å². The number of hydrogen-bond donors (Lipinski definition) is 3. The van der Waals surface area contributed by atoms with Gasteiger partial charge in [0.25, 0.3) is 15.9 Å². The number of oxazole rings is 1. The molecule has 25 heavy (non-hydrogen) atoms. The number of aryl methyl sites for hydroxylation is 1. The normalized spacial score (nSPS) is 11.6. The summed E-state index contributed by atoms with van der Waals surface area (Å²) in [7, 11) is -2.61. The number of rotatable bonds is 4. The average molecular weight is 363 g/mol. The quantitative estimate of drug-likeness (QED) is 0.577. The Kier molecular flexibility index (Phi) is 4.07. The Bertz CT molecular complexity index is 1130. The molecule has 130 valence electrons. The predicted molar refractivity (Wildman–Crippen MR) is 87.3 cm³/mol. The van der Waals surface area contributed by atoms with E-state index in [1.807, 2.05) is 10.3 Å². The zero-order chi connectivity index (χ0) is 18.2. The van der Waals surface area contributed by atoms with Crippen molar-refractivity contribution in [2.75, 3.05) is 0 Å². The Hall–Kier alpha value is -3.11. The molecule has 0 atom stereocenters. The van der Waals surface area contributed by atoms with Crippen LogP contribution in [0.2, 0.25) is 0 Å². The van der Waals surface area contributed by atoms with Crippen molar-refractivity contribution in [3.8, 4) is 5.75 Å². The largest absolute Gasteiger partial charge is 0.507 e. The van der Waals surface area contributed by atoms with E-state index in [0.717, 1.165) is 0 Å². The number of hydrazine groups is 1. The number of para-hydroxylation sites is 1. The third kappa shape index (κ3) is 3.12. The van der Waals surface area contributed by atoms with Gasteiger partial charge in [-0.2, -0.15) is 0 Å². The molecule has 1 heterocycles. The van der Waals surface area contributed by atoms with Crippen LogP contribution in [0.3, 0.4) is 0 Å². The van der Waals surface area contributed by atoms with Gasteiger partial charge in [-0.05, 0) is 24.3 Å². The van der Waals surface area contributed by atoms with E-state index in [9.17, 15) is 23.1 Å². The van der Waals surface area contributed by atoms with Gasteiger partial charge >= 0.3 is 5.76 Å². The number of hydrogen-bond acceptors (Lipinski definition) is 6. The second kappa shape index (κ2) is 6.07. The number of carbonyl (C=O) groups excluding carboxylic acids is 1. The Morgan fingerprint density at radius 2 is 1.92 bits per heavy atom. The second-order valence-corrected chi connectivity index (χ2v) is 6.82. The number of phenols is 1. The molecule has 0 fully saturated rings. The second-order valence-electron chi connectivity index (χ2n) is 5.13. The van der Waals surface area contributed by atoms with E-state index in [2.05, 4.69) is 0 Å². The molecule has 1 amide bonds. The highest BCUT2D eigenvalue weighted by atomic mass is 32.2. The lowest BCUT2D eigenvalue weighted by molar-refractivity contribution is 0.0942. The fourth-order valence-electron chi connectivity index (χ4n) is 2.19. The van der Waals surface area contributed by atoms with Gasteiger partial charge in [-0.3, -0.25) is 14.8 Å². The molecule has 0 saturated carbocycles. The van der Waals surface area contributed by atoms with E-state index >= 15 is 0 Å². The first-order valence-corrected chi connectivity index (χ1v) is 8.47. The van der Waals surface area contributed by atoms with Gasteiger partial charge in [-0.1, -0.05) is 12.1 Å². The van der Waals surface area contributed by atoms with Crippen LogP contribution in [0.4, 0.5) is 0 Å². The highest BCUT2D eigenvalue weighted by Crippen LogP contribution is 2.18. The van der Waals surface area contributed by atoms with Crippen molar-refractivity contribution >= 4 is 27.0 Å². The van der Waals surface area contributed by atoms with Crippen LogP contribution in [0.25, 0.3) is 11.1 Å². The van der Waals surface area contributed by atoms with Gasteiger partial charge in [0.2, 0.25) is 0 Å². The molecule has 9 nitrogen and oxygen atoms in total. The summed E-state index contributed by atoms with van der Waals surface area (Å²) in [5, 5.41) is 9.59. The van der Waals surface area contributed by atoms with Crippen molar-refractivity contribution in [2.24, 2.45) is 7.05 Å². The maximum absolute atomic E-state index is 12.3. The zero-order valence-corrected chi connectivity index (χ0v) is 13.7. The minimum Gasteiger partial charge on any atom is -0.507 e. The number of benzene rings is 2. The summed E-state index contributed by atoms with van der Waals surface area (Å²) in [6.45, 7) is 0. The monoisotopic (exact) mass is 363 g/mol. The van der Waals surface area contributed by atoms with Crippen LogP contribution in [-0.4, -0.2) is 24.0 Å². The maximum Gasteiger partial charge on any atom is 0.419 e. The molecule has 0 unspecified atom stereocenters. The third-order valence-corrected chi connectivity index (χ3v) is 4.77. The standard InChI is InChI=1S/C15H13N3O6S/c1-18-11-7-6-9(8-13(11)24-15(18)21)25(22,23)17-16-14(20)10-4-2-3-5-12(10)19/h2-8,17,19H,1H3,(H,16,20). The molecule has 0 aliphatic heterocycles. The number of carbonyl (C=O) groups is 1. The summed E-state index contributed by atoms with van der Waals surface area (Å²) in [6.07, 6.45) is 0. The van der Waals surface area contributed by atoms with Crippen LogP contribution < -0.4 is 16.0 Å². The molecule has 0 bridgehead atoms. The van der Waals surface area contributed by atoms with Crippen molar-refractivity contribution in [1.29, 1.82) is 0 Å². The number of aromatic nitrogens is 1. The van der Waals surface area contributed by atoms with Crippen LogP contribution in [-0.2, 0) is 17.1 Å². The van der Waals surface area contributed by atoms with E-state index in [1.54, 1.807) is 0 Å². The lowest BCUT2D eigenvalue weighted by Crippen LogP contribution is -2.41. The summed E-state index contributed by atoms with van der Waals surface area (Å²) < 4.78 is 30.7. The van der Waals surface area contributed by atoms with E-state index < -0.39 is 21.7 Å². The van der Waals surface area contributed by atoms with Crippen LogP contribution in [0, 0.1) is 0 Å². The zero-order valence-electron chi connectivity index (χ0n) is 12.9. The van der Waals surface area contributed by atoms with Gasteiger partial charge in [0.05, 0.1) is 16.0 Å². The third-order valence-electron chi connectivity index (χ3n) is 3.52. The molecule has 0 aliphatic carbocycles. The highest BCUT2D eigenvalue weighted by Gasteiger charge is 2.19. The number of nitrogens with one attached hydrogen (secondary N) is 2. The summed E-state index contributed by atoms with van der Waals surface area (Å²) in [6, 6.07) is 9.54. The van der Waals surface area contributed by atoms with Gasteiger partial charge < -0.3 is 9.52 Å². The molecular weight excluding hydrogens is 350 g/mol.